The normalized spacial score (nSPS) is 18.8. The second-order valence-electron chi connectivity index (χ2n) is 6.48. The Morgan fingerprint density at radius 1 is 1.07 bits per heavy atom. The van der Waals surface area contributed by atoms with E-state index in [9.17, 15) is 4.79 Å². The molecule has 0 N–H and O–H groups in total. The molecule has 8 nitrogen and oxygen atoms in total. The third-order valence-corrected chi connectivity index (χ3v) is 4.66. The van der Waals surface area contributed by atoms with Gasteiger partial charge in [0, 0.05) is 19.3 Å². The van der Waals surface area contributed by atoms with Gasteiger partial charge < -0.3 is 18.9 Å². The van der Waals surface area contributed by atoms with Crippen LogP contribution in [0.5, 0.6) is 11.5 Å². The predicted molar refractivity (Wildman–Crippen MR) is 93.2 cm³/mol. The van der Waals surface area contributed by atoms with E-state index in [-0.39, 0.29) is 18.4 Å². The van der Waals surface area contributed by atoms with E-state index in [0.29, 0.717) is 42.0 Å². The average Bonchev–Trinajstić information content (AvgIpc) is 3.17. The van der Waals surface area contributed by atoms with Crippen molar-refractivity contribution in [2.24, 2.45) is 0 Å². The molecule has 2 aliphatic rings. The van der Waals surface area contributed by atoms with Crippen LogP contribution >= 0.6 is 0 Å². The lowest BCUT2D eigenvalue weighted by atomic mass is 9.99. The maximum absolute atomic E-state index is 12.6. The van der Waals surface area contributed by atoms with E-state index < -0.39 is 6.10 Å². The lowest BCUT2D eigenvalue weighted by Gasteiger charge is -2.39. The summed E-state index contributed by atoms with van der Waals surface area (Å²) in [6.45, 7) is 1.25. The van der Waals surface area contributed by atoms with Gasteiger partial charge in [0.05, 0.1) is 5.92 Å². The molecular weight excluding hydrogens is 348 g/mol. The molecule has 1 unspecified atom stereocenters. The lowest BCUT2D eigenvalue weighted by molar-refractivity contribution is -0.146. The summed E-state index contributed by atoms with van der Waals surface area (Å²) in [7, 11) is 0. The van der Waals surface area contributed by atoms with Gasteiger partial charge in [0.15, 0.2) is 11.5 Å². The maximum atomic E-state index is 12.6. The number of ether oxygens (including phenoxy) is 2. The minimum absolute atomic E-state index is 0.0238. The number of nitrogens with zero attached hydrogens (tertiary/aromatic N) is 4. The summed E-state index contributed by atoms with van der Waals surface area (Å²) < 4.78 is 16.7. The van der Waals surface area contributed by atoms with Gasteiger partial charge >= 0.3 is 0 Å². The largest absolute Gasteiger partial charge is 0.485 e. The third-order valence-electron chi connectivity index (χ3n) is 4.66. The molecule has 2 aliphatic heterocycles. The van der Waals surface area contributed by atoms with Gasteiger partial charge in [0.1, 0.15) is 12.3 Å². The molecule has 4 heterocycles. The van der Waals surface area contributed by atoms with Crippen molar-refractivity contribution in [3.8, 4) is 23.0 Å². The molecule has 8 heteroatoms. The van der Waals surface area contributed by atoms with E-state index in [0.717, 1.165) is 0 Å². The molecule has 3 aromatic rings. The third kappa shape index (κ3) is 2.88. The first-order chi connectivity index (χ1) is 13.3. The number of para-hydroxylation sites is 2. The molecule has 0 saturated carbocycles. The van der Waals surface area contributed by atoms with Crippen LogP contribution in [0.2, 0.25) is 0 Å². The summed E-state index contributed by atoms with van der Waals surface area (Å²) in [4.78, 5) is 23.0. The average molecular weight is 364 g/mol. The first kappa shape index (κ1) is 15.8. The second-order valence-corrected chi connectivity index (χ2v) is 6.48. The van der Waals surface area contributed by atoms with Crippen LogP contribution < -0.4 is 9.47 Å². The predicted octanol–water partition coefficient (Wildman–Crippen LogP) is 1.90. The van der Waals surface area contributed by atoms with E-state index in [2.05, 4.69) is 15.1 Å². The Hall–Kier alpha value is -3.42. The molecule has 1 saturated heterocycles. The molecule has 1 atom stereocenters. The molecule has 0 bridgehead atoms. The van der Waals surface area contributed by atoms with Crippen molar-refractivity contribution in [3.05, 3.63) is 54.6 Å². The molecule has 27 heavy (non-hydrogen) atoms. The van der Waals surface area contributed by atoms with Crippen molar-refractivity contribution in [3.63, 3.8) is 0 Å². The first-order valence-electron chi connectivity index (χ1n) is 8.70. The summed E-state index contributed by atoms with van der Waals surface area (Å²) in [5, 5.41) is 3.98. The van der Waals surface area contributed by atoms with Crippen molar-refractivity contribution < 1.29 is 18.8 Å². The molecule has 0 aliphatic carbocycles. The van der Waals surface area contributed by atoms with E-state index in [1.54, 1.807) is 17.2 Å². The number of fused-ring (bicyclic) bond motifs is 1. The number of likely N-dealkylation sites (tertiary alicyclic amines) is 1. The van der Waals surface area contributed by atoms with E-state index in [1.807, 2.05) is 36.4 Å². The Kier molecular flexibility index (Phi) is 3.74. The zero-order valence-electron chi connectivity index (χ0n) is 14.3. The molecule has 0 radical (unpaired) electrons. The fraction of sp³-hybridized carbons (Fsp3) is 0.263. The van der Waals surface area contributed by atoms with Gasteiger partial charge in [-0.1, -0.05) is 23.4 Å². The topological polar surface area (TPSA) is 90.6 Å². The Balaban J connectivity index is 1.21. The van der Waals surface area contributed by atoms with Gasteiger partial charge in [0.25, 0.3) is 5.91 Å². The number of carbonyl (C=O) groups excluding carboxylic acids is 1. The monoisotopic (exact) mass is 364 g/mol. The molecule has 1 amide bonds. The smallest absolute Gasteiger partial charge is 0.267 e. The number of carbonyl (C=O) groups is 1. The van der Waals surface area contributed by atoms with Crippen molar-refractivity contribution >= 4 is 5.91 Å². The summed E-state index contributed by atoms with van der Waals surface area (Å²) >= 11 is 0. The number of pyridine rings is 1. The van der Waals surface area contributed by atoms with Gasteiger partial charge in [-0.2, -0.15) is 4.98 Å². The molecule has 1 aromatic carbocycles. The zero-order valence-corrected chi connectivity index (χ0v) is 14.3. The molecule has 5 rings (SSSR count). The van der Waals surface area contributed by atoms with Gasteiger partial charge in [-0.3, -0.25) is 9.78 Å². The Bertz CT molecular complexity index is 969. The number of aromatic nitrogens is 3. The molecular formula is C19H16N4O4. The van der Waals surface area contributed by atoms with Crippen molar-refractivity contribution in [1.29, 1.82) is 0 Å². The molecule has 1 fully saturated rings. The maximum Gasteiger partial charge on any atom is 0.267 e. The summed E-state index contributed by atoms with van der Waals surface area (Å²) in [5.74, 6) is 2.16. The minimum Gasteiger partial charge on any atom is -0.485 e. The van der Waals surface area contributed by atoms with Gasteiger partial charge in [-0.05, 0) is 24.3 Å². The lowest BCUT2D eigenvalue weighted by Crippen LogP contribution is -2.55. The highest BCUT2D eigenvalue weighted by molar-refractivity contribution is 5.83. The number of hydrogen-bond donors (Lipinski definition) is 0. The fourth-order valence-electron chi connectivity index (χ4n) is 3.16. The highest BCUT2D eigenvalue weighted by Crippen LogP contribution is 2.33. The van der Waals surface area contributed by atoms with Gasteiger partial charge in [-0.15, -0.1) is 0 Å². The van der Waals surface area contributed by atoms with E-state index in [1.165, 1.54) is 0 Å². The van der Waals surface area contributed by atoms with Crippen molar-refractivity contribution in [2.75, 3.05) is 19.7 Å². The zero-order chi connectivity index (χ0) is 18.2. The van der Waals surface area contributed by atoms with E-state index >= 15 is 0 Å². The standard InChI is InChI=1S/C19H16N4O4/c24-19(16-11-25-14-6-1-2-7-15(14)26-16)23-9-12(10-23)18-21-17(22-27-18)13-5-3-4-8-20-13/h1-8,12,16H,9-11H2. The summed E-state index contributed by atoms with van der Waals surface area (Å²) in [6, 6.07) is 12.9. The van der Waals surface area contributed by atoms with Crippen LogP contribution in [0.1, 0.15) is 11.8 Å². The van der Waals surface area contributed by atoms with Gasteiger partial charge in [0.2, 0.25) is 17.8 Å². The fourth-order valence-corrected chi connectivity index (χ4v) is 3.16. The van der Waals surface area contributed by atoms with Crippen LogP contribution in [0.4, 0.5) is 0 Å². The summed E-state index contributed by atoms with van der Waals surface area (Å²) in [5.41, 5.74) is 0.658. The van der Waals surface area contributed by atoms with E-state index in [4.69, 9.17) is 14.0 Å². The second kappa shape index (κ2) is 6.39. The summed E-state index contributed by atoms with van der Waals surface area (Å²) in [6.07, 6.45) is 1.05. The van der Waals surface area contributed by atoms with Crippen molar-refractivity contribution in [2.45, 2.75) is 12.0 Å². The SMILES string of the molecule is O=C(C1COc2ccccc2O1)N1CC(c2nc(-c3ccccn3)no2)C1. The quantitative estimate of drug-likeness (QED) is 0.701. The Morgan fingerprint density at radius 2 is 1.89 bits per heavy atom. The van der Waals surface area contributed by atoms with Crippen LogP contribution in [0.3, 0.4) is 0 Å². The van der Waals surface area contributed by atoms with Crippen LogP contribution in [-0.2, 0) is 4.79 Å². The number of rotatable bonds is 3. The molecule has 2 aromatic heterocycles. The highest BCUT2D eigenvalue weighted by Gasteiger charge is 2.40. The van der Waals surface area contributed by atoms with Crippen LogP contribution in [0, 0.1) is 0 Å². The molecule has 0 spiro atoms. The van der Waals surface area contributed by atoms with Crippen LogP contribution in [0.25, 0.3) is 11.5 Å². The van der Waals surface area contributed by atoms with Crippen LogP contribution in [-0.4, -0.2) is 51.7 Å². The van der Waals surface area contributed by atoms with Crippen molar-refractivity contribution in [1.82, 2.24) is 20.0 Å². The molecule has 136 valence electrons. The number of amides is 1. The minimum atomic E-state index is -0.632. The Labute approximate surface area is 154 Å². The Morgan fingerprint density at radius 3 is 2.70 bits per heavy atom. The highest BCUT2D eigenvalue weighted by atomic mass is 16.6. The van der Waals surface area contributed by atoms with Crippen LogP contribution in [0.15, 0.2) is 53.2 Å². The van der Waals surface area contributed by atoms with Gasteiger partial charge in [-0.25, -0.2) is 0 Å². The first-order valence-corrected chi connectivity index (χ1v) is 8.70. The number of hydrogen-bond acceptors (Lipinski definition) is 7. The number of benzene rings is 1.